The molecule has 0 spiro atoms. The summed E-state index contributed by atoms with van der Waals surface area (Å²) in [5.41, 5.74) is 0.684. The fraction of sp³-hybridized carbons (Fsp3) is 0.500. The van der Waals surface area contributed by atoms with Gasteiger partial charge in [-0.25, -0.2) is 0 Å². The van der Waals surface area contributed by atoms with E-state index in [0.29, 0.717) is 10.7 Å². The standard InChI is InChI=1S/C14H19ClN2O2/c15-10-4-3-5-11(8-10)17-14(19)9-16-12-6-1-2-7-13(12)18/h3-5,8,12-13,16,18H,1-2,6-7,9H2,(H,17,19). The van der Waals surface area contributed by atoms with E-state index in [9.17, 15) is 9.90 Å². The molecule has 1 aromatic rings. The Kier molecular flexibility index (Phi) is 5.19. The van der Waals surface area contributed by atoms with Gasteiger partial charge in [0.05, 0.1) is 12.6 Å². The van der Waals surface area contributed by atoms with Crippen molar-refractivity contribution in [2.75, 3.05) is 11.9 Å². The van der Waals surface area contributed by atoms with Crippen molar-refractivity contribution in [1.82, 2.24) is 5.32 Å². The second-order valence-electron chi connectivity index (χ2n) is 4.90. The molecule has 2 atom stereocenters. The molecule has 104 valence electrons. The molecule has 1 amide bonds. The normalized spacial score (nSPS) is 23.1. The van der Waals surface area contributed by atoms with Crippen molar-refractivity contribution in [2.24, 2.45) is 0 Å². The van der Waals surface area contributed by atoms with Crippen LogP contribution >= 0.6 is 11.6 Å². The summed E-state index contributed by atoms with van der Waals surface area (Å²) in [6, 6.07) is 7.07. The van der Waals surface area contributed by atoms with Crippen molar-refractivity contribution >= 4 is 23.2 Å². The first-order valence-electron chi connectivity index (χ1n) is 6.62. The highest BCUT2D eigenvalue weighted by molar-refractivity contribution is 6.30. The molecule has 1 aliphatic rings. The van der Waals surface area contributed by atoms with E-state index >= 15 is 0 Å². The average molecular weight is 283 g/mol. The monoisotopic (exact) mass is 282 g/mol. The number of carbonyl (C=O) groups is 1. The smallest absolute Gasteiger partial charge is 0.238 e. The number of hydrogen-bond acceptors (Lipinski definition) is 3. The summed E-state index contributed by atoms with van der Waals surface area (Å²) < 4.78 is 0. The van der Waals surface area contributed by atoms with E-state index in [0.717, 1.165) is 25.7 Å². The minimum atomic E-state index is -0.340. The maximum absolute atomic E-state index is 11.8. The molecule has 0 aromatic heterocycles. The van der Waals surface area contributed by atoms with Gasteiger partial charge in [-0.3, -0.25) is 4.79 Å². The topological polar surface area (TPSA) is 61.4 Å². The molecular formula is C14H19ClN2O2. The lowest BCUT2D eigenvalue weighted by molar-refractivity contribution is -0.115. The van der Waals surface area contributed by atoms with Crippen LogP contribution in [-0.2, 0) is 4.79 Å². The molecule has 2 rings (SSSR count). The van der Waals surface area contributed by atoms with E-state index in [1.54, 1.807) is 24.3 Å². The molecule has 2 unspecified atom stereocenters. The first-order chi connectivity index (χ1) is 9.15. The number of halogens is 1. The van der Waals surface area contributed by atoms with Gasteiger partial charge in [-0.05, 0) is 31.0 Å². The molecule has 3 N–H and O–H groups in total. The Bertz CT molecular complexity index is 439. The van der Waals surface area contributed by atoms with Gasteiger partial charge in [-0.15, -0.1) is 0 Å². The molecular weight excluding hydrogens is 264 g/mol. The fourth-order valence-corrected chi connectivity index (χ4v) is 2.53. The van der Waals surface area contributed by atoms with Crippen LogP contribution in [0.3, 0.4) is 0 Å². The molecule has 1 fully saturated rings. The molecule has 19 heavy (non-hydrogen) atoms. The van der Waals surface area contributed by atoms with E-state index in [2.05, 4.69) is 10.6 Å². The number of aliphatic hydroxyl groups is 1. The minimum Gasteiger partial charge on any atom is -0.392 e. The molecule has 0 saturated heterocycles. The van der Waals surface area contributed by atoms with Gasteiger partial charge in [-0.1, -0.05) is 30.5 Å². The molecule has 4 nitrogen and oxygen atoms in total. The highest BCUT2D eigenvalue weighted by atomic mass is 35.5. The Morgan fingerprint density at radius 1 is 1.37 bits per heavy atom. The van der Waals surface area contributed by atoms with E-state index in [4.69, 9.17) is 11.6 Å². The molecule has 0 aliphatic heterocycles. The first kappa shape index (κ1) is 14.3. The lowest BCUT2D eigenvalue weighted by Gasteiger charge is -2.28. The van der Waals surface area contributed by atoms with Crippen LogP contribution in [-0.4, -0.2) is 29.7 Å². The van der Waals surface area contributed by atoms with Crippen molar-refractivity contribution in [1.29, 1.82) is 0 Å². The lowest BCUT2D eigenvalue weighted by Crippen LogP contribution is -2.45. The summed E-state index contributed by atoms with van der Waals surface area (Å²) in [7, 11) is 0. The van der Waals surface area contributed by atoms with Gasteiger partial charge in [0, 0.05) is 16.8 Å². The van der Waals surface area contributed by atoms with Crippen LogP contribution in [0.2, 0.25) is 5.02 Å². The summed E-state index contributed by atoms with van der Waals surface area (Å²) in [5.74, 6) is -0.125. The number of hydrogen-bond donors (Lipinski definition) is 3. The van der Waals surface area contributed by atoms with E-state index < -0.39 is 0 Å². The Morgan fingerprint density at radius 3 is 2.89 bits per heavy atom. The largest absolute Gasteiger partial charge is 0.392 e. The minimum absolute atomic E-state index is 0.0267. The molecule has 5 heteroatoms. The predicted molar refractivity (Wildman–Crippen MR) is 76.3 cm³/mol. The van der Waals surface area contributed by atoms with Crippen LogP contribution in [0.25, 0.3) is 0 Å². The maximum atomic E-state index is 11.8. The summed E-state index contributed by atoms with van der Waals surface area (Å²) in [5, 5.41) is 16.3. The SMILES string of the molecule is O=C(CNC1CCCCC1O)Nc1cccc(Cl)c1. The third-order valence-corrected chi connectivity index (χ3v) is 3.60. The molecule has 1 saturated carbocycles. The average Bonchev–Trinajstić information content (AvgIpc) is 2.38. The van der Waals surface area contributed by atoms with Gasteiger partial charge in [0.25, 0.3) is 0 Å². The van der Waals surface area contributed by atoms with E-state index in [-0.39, 0.29) is 24.6 Å². The predicted octanol–water partition coefficient (Wildman–Crippen LogP) is 2.17. The van der Waals surface area contributed by atoms with E-state index in [1.807, 2.05) is 0 Å². The summed E-state index contributed by atoms with van der Waals surface area (Å²) in [4.78, 5) is 11.8. The van der Waals surface area contributed by atoms with Gasteiger partial charge < -0.3 is 15.7 Å². The number of carbonyl (C=O) groups excluding carboxylic acids is 1. The molecule has 0 bridgehead atoms. The van der Waals surface area contributed by atoms with Gasteiger partial charge in [0.15, 0.2) is 0 Å². The van der Waals surface area contributed by atoms with Crippen LogP contribution in [0.15, 0.2) is 24.3 Å². The third kappa shape index (κ3) is 4.49. The zero-order chi connectivity index (χ0) is 13.7. The number of anilines is 1. The van der Waals surface area contributed by atoms with Crippen molar-refractivity contribution in [3.63, 3.8) is 0 Å². The van der Waals surface area contributed by atoms with Crippen LogP contribution in [0.4, 0.5) is 5.69 Å². The number of aliphatic hydroxyl groups excluding tert-OH is 1. The van der Waals surface area contributed by atoms with Crippen molar-refractivity contribution < 1.29 is 9.90 Å². The maximum Gasteiger partial charge on any atom is 0.238 e. The van der Waals surface area contributed by atoms with Gasteiger partial charge in [0.2, 0.25) is 5.91 Å². The van der Waals surface area contributed by atoms with E-state index in [1.165, 1.54) is 0 Å². The zero-order valence-corrected chi connectivity index (χ0v) is 11.5. The van der Waals surface area contributed by atoms with Crippen molar-refractivity contribution in [3.8, 4) is 0 Å². The molecule has 0 radical (unpaired) electrons. The van der Waals surface area contributed by atoms with Gasteiger partial charge >= 0.3 is 0 Å². The quantitative estimate of drug-likeness (QED) is 0.793. The highest BCUT2D eigenvalue weighted by Crippen LogP contribution is 2.18. The van der Waals surface area contributed by atoms with Crippen LogP contribution < -0.4 is 10.6 Å². The van der Waals surface area contributed by atoms with Crippen molar-refractivity contribution in [2.45, 2.75) is 37.8 Å². The summed E-state index contributed by atoms with van der Waals surface area (Å²) >= 11 is 5.85. The number of rotatable bonds is 4. The Labute approximate surface area is 118 Å². The Balaban J connectivity index is 1.78. The fourth-order valence-electron chi connectivity index (χ4n) is 2.34. The Hall–Kier alpha value is -1.10. The van der Waals surface area contributed by atoms with Crippen molar-refractivity contribution in [3.05, 3.63) is 29.3 Å². The van der Waals surface area contributed by atoms with Gasteiger partial charge in [-0.2, -0.15) is 0 Å². The second-order valence-corrected chi connectivity index (χ2v) is 5.33. The molecule has 0 heterocycles. The van der Waals surface area contributed by atoms with Crippen LogP contribution in [0.1, 0.15) is 25.7 Å². The summed E-state index contributed by atoms with van der Waals surface area (Å²) in [6.45, 7) is 0.203. The second kappa shape index (κ2) is 6.89. The van der Waals surface area contributed by atoms with Crippen LogP contribution in [0.5, 0.6) is 0 Å². The number of benzene rings is 1. The Morgan fingerprint density at radius 2 is 2.16 bits per heavy atom. The number of nitrogens with one attached hydrogen (secondary N) is 2. The summed E-state index contributed by atoms with van der Waals surface area (Å²) in [6.07, 6.45) is 3.56. The molecule has 1 aliphatic carbocycles. The number of amides is 1. The molecule has 1 aromatic carbocycles. The first-order valence-corrected chi connectivity index (χ1v) is 7.00. The highest BCUT2D eigenvalue weighted by Gasteiger charge is 2.22. The third-order valence-electron chi connectivity index (χ3n) is 3.36. The lowest BCUT2D eigenvalue weighted by atomic mass is 9.93. The zero-order valence-electron chi connectivity index (χ0n) is 10.7. The van der Waals surface area contributed by atoms with Crippen LogP contribution in [0, 0.1) is 0 Å². The van der Waals surface area contributed by atoms with Gasteiger partial charge in [0.1, 0.15) is 0 Å².